The van der Waals surface area contributed by atoms with Crippen LogP contribution in [0.1, 0.15) is 16.7 Å². The van der Waals surface area contributed by atoms with Crippen LogP contribution in [-0.4, -0.2) is 16.9 Å². The first-order valence-electron chi connectivity index (χ1n) is 9.97. The molecule has 4 rings (SSSR count). The molecule has 0 radical (unpaired) electrons. The summed E-state index contributed by atoms with van der Waals surface area (Å²) in [6.45, 7) is 2.19. The van der Waals surface area contributed by atoms with Gasteiger partial charge >= 0.3 is 0 Å². The first kappa shape index (κ1) is 23.0. The SMILES string of the molecule is Cc1ccc(N2C(=O)/C(=C/c3cc(Cl)ccc3OCc3cccc(Cl)c3)C(=O)NC2=S)cc1. The maximum absolute atomic E-state index is 13.3. The molecular formula is C25H18Cl2N2O3S. The van der Waals surface area contributed by atoms with Crippen molar-refractivity contribution < 1.29 is 14.3 Å². The second kappa shape index (κ2) is 9.75. The molecule has 0 aliphatic carbocycles. The summed E-state index contributed by atoms with van der Waals surface area (Å²) in [5.41, 5.74) is 2.87. The third-order valence-corrected chi connectivity index (χ3v) is 5.70. The van der Waals surface area contributed by atoms with Gasteiger partial charge in [-0.25, -0.2) is 0 Å². The lowest BCUT2D eigenvalue weighted by atomic mass is 10.1. The standard InChI is InChI=1S/C25H18Cl2N2O3S/c1-15-5-8-20(9-6-15)29-24(31)21(23(30)28-25(29)33)13-17-12-19(27)7-10-22(17)32-14-16-3-2-4-18(26)11-16/h2-13H,14H2,1H3,(H,28,30,33)/b21-13+. The van der Waals surface area contributed by atoms with E-state index in [2.05, 4.69) is 5.32 Å². The van der Waals surface area contributed by atoms with E-state index in [1.54, 1.807) is 42.5 Å². The summed E-state index contributed by atoms with van der Waals surface area (Å²) < 4.78 is 5.95. The molecule has 0 spiro atoms. The van der Waals surface area contributed by atoms with Gasteiger partial charge in [-0.05, 0) is 73.2 Å². The Morgan fingerprint density at radius 1 is 1.00 bits per heavy atom. The van der Waals surface area contributed by atoms with Crippen LogP contribution in [0.2, 0.25) is 10.0 Å². The van der Waals surface area contributed by atoms with E-state index in [-0.39, 0.29) is 17.3 Å². The number of carbonyl (C=O) groups is 2. The number of anilines is 1. The van der Waals surface area contributed by atoms with Crippen molar-refractivity contribution in [1.29, 1.82) is 0 Å². The number of benzene rings is 3. The van der Waals surface area contributed by atoms with Crippen LogP contribution in [0.4, 0.5) is 5.69 Å². The molecule has 1 aliphatic heterocycles. The van der Waals surface area contributed by atoms with Crippen molar-refractivity contribution in [2.24, 2.45) is 0 Å². The van der Waals surface area contributed by atoms with Crippen LogP contribution in [0, 0.1) is 6.92 Å². The molecule has 0 atom stereocenters. The van der Waals surface area contributed by atoms with Crippen LogP contribution in [0.3, 0.4) is 0 Å². The highest BCUT2D eigenvalue weighted by atomic mass is 35.5. The third-order valence-electron chi connectivity index (χ3n) is 4.95. The molecule has 3 aromatic carbocycles. The normalized spacial score (nSPS) is 15.1. The molecule has 8 heteroatoms. The minimum absolute atomic E-state index is 0.0227. The molecule has 1 heterocycles. The number of aryl methyl sites for hydroxylation is 1. The average molecular weight is 497 g/mol. The number of carbonyl (C=O) groups excluding carboxylic acids is 2. The topological polar surface area (TPSA) is 58.6 Å². The fraction of sp³-hybridized carbons (Fsp3) is 0.0800. The molecule has 1 fully saturated rings. The quantitative estimate of drug-likeness (QED) is 0.279. The minimum atomic E-state index is -0.589. The molecule has 0 saturated carbocycles. The number of nitrogens with zero attached hydrogens (tertiary/aromatic N) is 1. The van der Waals surface area contributed by atoms with Gasteiger partial charge in [0.15, 0.2) is 5.11 Å². The van der Waals surface area contributed by atoms with Crippen LogP contribution in [0.5, 0.6) is 5.75 Å². The van der Waals surface area contributed by atoms with Gasteiger partial charge in [-0.3, -0.25) is 19.8 Å². The van der Waals surface area contributed by atoms with Crippen molar-refractivity contribution in [3.05, 3.63) is 99.0 Å². The maximum atomic E-state index is 13.3. The van der Waals surface area contributed by atoms with Gasteiger partial charge in [-0.2, -0.15) is 0 Å². The summed E-state index contributed by atoms with van der Waals surface area (Å²) in [5, 5.41) is 3.64. The Morgan fingerprint density at radius 3 is 2.45 bits per heavy atom. The van der Waals surface area contributed by atoms with Crippen molar-refractivity contribution in [3.63, 3.8) is 0 Å². The highest BCUT2D eigenvalue weighted by molar-refractivity contribution is 7.80. The number of thiocarbonyl (C=S) groups is 1. The summed E-state index contributed by atoms with van der Waals surface area (Å²) in [6, 6.07) is 19.6. The zero-order valence-corrected chi connectivity index (χ0v) is 19.8. The summed E-state index contributed by atoms with van der Waals surface area (Å²) >= 11 is 17.5. The maximum Gasteiger partial charge on any atom is 0.270 e. The summed E-state index contributed by atoms with van der Waals surface area (Å²) in [6.07, 6.45) is 1.46. The summed E-state index contributed by atoms with van der Waals surface area (Å²) in [5.74, 6) is -0.662. The van der Waals surface area contributed by atoms with Crippen LogP contribution < -0.4 is 15.0 Å². The Hall–Kier alpha value is -3.19. The van der Waals surface area contributed by atoms with Gasteiger partial charge in [-0.15, -0.1) is 0 Å². The summed E-state index contributed by atoms with van der Waals surface area (Å²) in [7, 11) is 0. The predicted octanol–water partition coefficient (Wildman–Crippen LogP) is 5.71. The number of nitrogens with one attached hydrogen (secondary N) is 1. The molecule has 0 aromatic heterocycles. The van der Waals surface area contributed by atoms with Crippen LogP contribution in [0.15, 0.2) is 72.3 Å². The van der Waals surface area contributed by atoms with Gasteiger partial charge in [0.25, 0.3) is 11.8 Å². The predicted molar refractivity (Wildman–Crippen MR) is 135 cm³/mol. The van der Waals surface area contributed by atoms with Gasteiger partial charge in [0.2, 0.25) is 0 Å². The number of halogens is 2. The Morgan fingerprint density at radius 2 is 1.73 bits per heavy atom. The fourth-order valence-electron chi connectivity index (χ4n) is 3.29. The number of ether oxygens (including phenoxy) is 1. The lowest BCUT2D eigenvalue weighted by molar-refractivity contribution is -0.122. The van der Waals surface area contributed by atoms with E-state index in [0.717, 1.165) is 11.1 Å². The molecule has 3 aromatic rings. The van der Waals surface area contributed by atoms with Gasteiger partial charge < -0.3 is 4.74 Å². The van der Waals surface area contributed by atoms with E-state index in [4.69, 9.17) is 40.2 Å². The van der Waals surface area contributed by atoms with E-state index in [0.29, 0.717) is 27.0 Å². The molecule has 1 N–H and O–H groups in total. The molecule has 166 valence electrons. The van der Waals surface area contributed by atoms with E-state index in [1.807, 2.05) is 31.2 Å². The largest absolute Gasteiger partial charge is 0.488 e. The number of hydrogen-bond donors (Lipinski definition) is 1. The monoisotopic (exact) mass is 496 g/mol. The first-order valence-corrected chi connectivity index (χ1v) is 11.1. The lowest BCUT2D eigenvalue weighted by Gasteiger charge is -2.29. The highest BCUT2D eigenvalue weighted by Crippen LogP contribution is 2.29. The second-order valence-electron chi connectivity index (χ2n) is 7.39. The molecule has 1 saturated heterocycles. The van der Waals surface area contributed by atoms with Gasteiger partial charge in [0.05, 0.1) is 5.69 Å². The van der Waals surface area contributed by atoms with Crippen LogP contribution >= 0.6 is 35.4 Å². The number of rotatable bonds is 5. The Kier molecular flexibility index (Phi) is 6.79. The van der Waals surface area contributed by atoms with Gasteiger partial charge in [0.1, 0.15) is 17.9 Å². The average Bonchev–Trinajstić information content (AvgIpc) is 2.77. The summed E-state index contributed by atoms with van der Waals surface area (Å²) in [4.78, 5) is 27.2. The third kappa shape index (κ3) is 5.25. The Bertz CT molecular complexity index is 1290. The smallest absolute Gasteiger partial charge is 0.270 e. The van der Waals surface area contributed by atoms with Crippen molar-refractivity contribution in [3.8, 4) is 5.75 Å². The van der Waals surface area contributed by atoms with Crippen molar-refractivity contribution >= 4 is 64.1 Å². The van der Waals surface area contributed by atoms with Crippen molar-refractivity contribution in [2.45, 2.75) is 13.5 Å². The minimum Gasteiger partial charge on any atom is -0.488 e. The second-order valence-corrected chi connectivity index (χ2v) is 8.65. The van der Waals surface area contributed by atoms with Crippen LogP contribution in [0.25, 0.3) is 6.08 Å². The van der Waals surface area contributed by atoms with Gasteiger partial charge in [0, 0.05) is 15.6 Å². The molecule has 0 unspecified atom stereocenters. The Balaban J connectivity index is 1.67. The van der Waals surface area contributed by atoms with E-state index in [9.17, 15) is 9.59 Å². The Labute approximate surface area is 206 Å². The van der Waals surface area contributed by atoms with Gasteiger partial charge in [-0.1, -0.05) is 53.0 Å². The molecular weight excluding hydrogens is 479 g/mol. The zero-order chi connectivity index (χ0) is 23.5. The molecule has 1 aliphatic rings. The highest BCUT2D eigenvalue weighted by Gasteiger charge is 2.34. The number of hydrogen-bond acceptors (Lipinski definition) is 4. The zero-order valence-electron chi connectivity index (χ0n) is 17.5. The van der Waals surface area contributed by atoms with Crippen molar-refractivity contribution in [1.82, 2.24) is 5.32 Å². The molecule has 2 amide bonds. The molecule has 33 heavy (non-hydrogen) atoms. The first-order chi connectivity index (χ1) is 15.8. The van der Waals surface area contributed by atoms with Crippen molar-refractivity contribution in [2.75, 3.05) is 4.90 Å². The van der Waals surface area contributed by atoms with E-state index in [1.165, 1.54) is 11.0 Å². The molecule has 5 nitrogen and oxygen atoms in total. The molecule has 0 bridgehead atoms. The van der Waals surface area contributed by atoms with Crippen LogP contribution in [-0.2, 0) is 16.2 Å². The number of amides is 2. The van der Waals surface area contributed by atoms with E-state index >= 15 is 0 Å². The lowest BCUT2D eigenvalue weighted by Crippen LogP contribution is -2.54. The van der Waals surface area contributed by atoms with E-state index < -0.39 is 11.8 Å². The fourth-order valence-corrected chi connectivity index (χ4v) is 3.97.